The molecule has 15 heavy (non-hydrogen) atoms. The van der Waals surface area contributed by atoms with Crippen molar-refractivity contribution in [2.45, 2.75) is 20.4 Å². The van der Waals surface area contributed by atoms with Gasteiger partial charge in [0, 0.05) is 30.1 Å². The lowest BCUT2D eigenvalue weighted by molar-refractivity contribution is 0.824. The number of aryl methyl sites for hydroxylation is 1. The molecular weight excluding hydrogens is 226 g/mol. The van der Waals surface area contributed by atoms with Gasteiger partial charge in [0.2, 0.25) is 0 Å². The Labute approximate surface area is 97.6 Å². The van der Waals surface area contributed by atoms with E-state index in [1.807, 2.05) is 19.3 Å². The monoisotopic (exact) mass is 237 g/mol. The fraction of sp³-hybridized carbons (Fsp3) is 0.300. The first kappa shape index (κ1) is 10.4. The lowest BCUT2D eigenvalue weighted by Crippen LogP contribution is -1.86. The van der Waals surface area contributed by atoms with Crippen LogP contribution in [0.15, 0.2) is 18.7 Å². The molecule has 2 heterocycles. The van der Waals surface area contributed by atoms with E-state index >= 15 is 0 Å². The van der Waals surface area contributed by atoms with Crippen LogP contribution in [0.4, 0.5) is 0 Å². The summed E-state index contributed by atoms with van der Waals surface area (Å²) in [6.45, 7) is 5.06. The zero-order valence-electron chi connectivity index (χ0n) is 8.60. The molecule has 0 saturated heterocycles. The molecule has 3 nitrogen and oxygen atoms in total. The second kappa shape index (κ2) is 4.20. The van der Waals surface area contributed by atoms with Crippen molar-refractivity contribution in [2.24, 2.45) is 0 Å². The maximum atomic E-state index is 5.35. The minimum atomic E-state index is 0.915. The number of rotatable bonds is 2. The Bertz CT molecular complexity index is 513. The zero-order valence-corrected chi connectivity index (χ0v) is 10.2. The third-order valence-electron chi connectivity index (χ3n) is 2.20. The van der Waals surface area contributed by atoms with Gasteiger partial charge >= 0.3 is 0 Å². The highest BCUT2D eigenvalue weighted by atomic mass is 32.1. The van der Waals surface area contributed by atoms with Crippen molar-refractivity contribution >= 4 is 23.8 Å². The van der Waals surface area contributed by atoms with Crippen LogP contribution in [0.1, 0.15) is 12.5 Å². The summed E-state index contributed by atoms with van der Waals surface area (Å²) in [5.41, 5.74) is 2.19. The van der Waals surface area contributed by atoms with Gasteiger partial charge in [0.15, 0.2) is 0 Å². The van der Waals surface area contributed by atoms with Crippen LogP contribution in [0, 0.1) is 11.6 Å². The lowest BCUT2D eigenvalue weighted by Gasteiger charge is -1.95. The molecule has 0 N–H and O–H groups in total. The van der Waals surface area contributed by atoms with E-state index < -0.39 is 0 Å². The second-order valence-corrected chi connectivity index (χ2v) is 4.59. The Morgan fingerprint density at radius 3 is 2.60 bits per heavy atom. The Kier molecular flexibility index (Phi) is 2.93. The van der Waals surface area contributed by atoms with E-state index in [0.717, 1.165) is 22.3 Å². The molecule has 0 aliphatic rings. The van der Waals surface area contributed by atoms with Crippen molar-refractivity contribution in [3.63, 3.8) is 0 Å². The van der Waals surface area contributed by atoms with Crippen molar-refractivity contribution in [2.75, 3.05) is 0 Å². The highest BCUT2D eigenvalue weighted by Crippen LogP contribution is 2.29. The number of aromatic nitrogens is 3. The van der Waals surface area contributed by atoms with Gasteiger partial charge < -0.3 is 0 Å². The average molecular weight is 237 g/mol. The van der Waals surface area contributed by atoms with E-state index in [1.165, 1.54) is 11.2 Å². The first-order chi connectivity index (χ1) is 7.24. The van der Waals surface area contributed by atoms with Crippen molar-refractivity contribution in [3.05, 3.63) is 28.9 Å². The summed E-state index contributed by atoms with van der Waals surface area (Å²) < 4.78 is 3.02. The number of nitrogens with zero attached hydrogens (tertiary/aromatic N) is 3. The van der Waals surface area contributed by atoms with Crippen molar-refractivity contribution in [3.8, 4) is 10.4 Å². The molecule has 0 aliphatic carbocycles. The Morgan fingerprint density at radius 2 is 2.07 bits per heavy atom. The van der Waals surface area contributed by atoms with E-state index in [4.69, 9.17) is 12.2 Å². The molecule has 0 fully saturated rings. The molecule has 2 aromatic rings. The molecule has 0 bridgehead atoms. The van der Waals surface area contributed by atoms with Crippen LogP contribution in [0.25, 0.3) is 10.4 Å². The fourth-order valence-electron chi connectivity index (χ4n) is 1.40. The molecule has 0 saturated carbocycles. The van der Waals surface area contributed by atoms with E-state index in [9.17, 15) is 0 Å². The van der Waals surface area contributed by atoms with Gasteiger partial charge in [-0.2, -0.15) is 0 Å². The summed E-state index contributed by atoms with van der Waals surface area (Å²) in [6, 6.07) is 0. The topological polar surface area (TPSA) is 30.7 Å². The lowest BCUT2D eigenvalue weighted by atomic mass is 10.2. The highest BCUT2D eigenvalue weighted by molar-refractivity contribution is 7.71. The molecule has 0 spiro atoms. The molecule has 2 rings (SSSR count). The Balaban J connectivity index is 2.60. The normalized spacial score (nSPS) is 10.5. The Hall–Kier alpha value is -1.07. The van der Waals surface area contributed by atoms with Gasteiger partial charge in [-0.3, -0.25) is 3.96 Å². The molecule has 2 aromatic heterocycles. The van der Waals surface area contributed by atoms with Crippen molar-refractivity contribution in [1.29, 1.82) is 0 Å². The molecule has 0 unspecified atom stereocenters. The van der Waals surface area contributed by atoms with E-state index in [-0.39, 0.29) is 0 Å². The van der Waals surface area contributed by atoms with Gasteiger partial charge in [-0.1, -0.05) is 23.8 Å². The summed E-state index contributed by atoms with van der Waals surface area (Å²) in [7, 11) is 0. The largest absolute Gasteiger partial charge is 0.288 e. The zero-order chi connectivity index (χ0) is 10.8. The predicted molar refractivity (Wildman–Crippen MR) is 64.6 cm³/mol. The van der Waals surface area contributed by atoms with Crippen LogP contribution >= 0.6 is 23.8 Å². The molecular formula is C10H11N3S2. The van der Waals surface area contributed by atoms with E-state index in [1.54, 1.807) is 11.5 Å². The molecule has 0 amide bonds. The molecule has 0 aromatic carbocycles. The van der Waals surface area contributed by atoms with Crippen LogP contribution in [0.5, 0.6) is 0 Å². The smallest absolute Gasteiger partial charge is 0.119 e. The summed E-state index contributed by atoms with van der Waals surface area (Å²) in [6.07, 6.45) is 5.18. The Morgan fingerprint density at radius 1 is 1.40 bits per heavy atom. The molecule has 5 heteroatoms. The molecule has 78 valence electrons. The SMILES string of the molecule is CCn1sc(-c2cncnc2)c(C)c1=S. The second-order valence-electron chi connectivity index (χ2n) is 3.17. The predicted octanol–water partition coefficient (Wildman–Crippen LogP) is 3.06. The maximum Gasteiger partial charge on any atom is 0.119 e. The minimum Gasteiger partial charge on any atom is -0.288 e. The van der Waals surface area contributed by atoms with Crippen LogP contribution in [0.3, 0.4) is 0 Å². The minimum absolute atomic E-state index is 0.915. The van der Waals surface area contributed by atoms with E-state index in [2.05, 4.69) is 20.8 Å². The molecule has 0 atom stereocenters. The number of hydrogen-bond acceptors (Lipinski definition) is 4. The highest BCUT2D eigenvalue weighted by Gasteiger charge is 2.09. The van der Waals surface area contributed by atoms with Crippen LogP contribution in [0.2, 0.25) is 0 Å². The maximum absolute atomic E-state index is 5.35. The van der Waals surface area contributed by atoms with Gasteiger partial charge in [-0.15, -0.1) is 0 Å². The molecule has 0 aliphatic heterocycles. The van der Waals surface area contributed by atoms with Crippen LogP contribution in [-0.2, 0) is 6.54 Å². The third-order valence-corrected chi connectivity index (χ3v) is 4.23. The summed E-state index contributed by atoms with van der Waals surface area (Å²) in [5, 5.41) is 0. The van der Waals surface area contributed by atoms with Gasteiger partial charge in [-0.05, 0) is 13.8 Å². The van der Waals surface area contributed by atoms with E-state index in [0.29, 0.717) is 0 Å². The quantitative estimate of drug-likeness (QED) is 0.752. The summed E-state index contributed by atoms with van der Waals surface area (Å²) >= 11 is 7.02. The summed E-state index contributed by atoms with van der Waals surface area (Å²) in [5.74, 6) is 0. The molecule has 0 radical (unpaired) electrons. The summed E-state index contributed by atoms with van der Waals surface area (Å²) in [4.78, 5) is 9.21. The first-order valence-corrected chi connectivity index (χ1v) is 5.88. The van der Waals surface area contributed by atoms with Gasteiger partial charge in [0.05, 0.1) is 4.88 Å². The third kappa shape index (κ3) is 1.85. The van der Waals surface area contributed by atoms with Crippen LogP contribution in [-0.4, -0.2) is 13.9 Å². The van der Waals surface area contributed by atoms with Crippen LogP contribution < -0.4 is 0 Å². The van der Waals surface area contributed by atoms with Gasteiger partial charge in [0.25, 0.3) is 0 Å². The van der Waals surface area contributed by atoms with Gasteiger partial charge in [0.1, 0.15) is 11.0 Å². The van der Waals surface area contributed by atoms with Crippen molar-refractivity contribution < 1.29 is 0 Å². The van der Waals surface area contributed by atoms with Gasteiger partial charge in [-0.25, -0.2) is 9.97 Å². The average Bonchev–Trinajstić information content (AvgIpc) is 2.57. The standard InChI is InChI=1S/C10H11N3S2/c1-3-13-10(14)7(2)9(15-13)8-4-11-6-12-5-8/h4-6H,3H2,1-2H3. The van der Waals surface area contributed by atoms with Crippen molar-refractivity contribution in [1.82, 2.24) is 13.9 Å². The fourth-order valence-corrected chi connectivity index (χ4v) is 2.82. The number of hydrogen-bond donors (Lipinski definition) is 0. The first-order valence-electron chi connectivity index (χ1n) is 4.70.